The van der Waals surface area contributed by atoms with Gasteiger partial charge in [0, 0.05) is 21.1 Å². The Kier molecular flexibility index (Phi) is 5.77. The summed E-state index contributed by atoms with van der Waals surface area (Å²) in [6, 6.07) is 8.48. The van der Waals surface area contributed by atoms with Crippen molar-refractivity contribution in [2.24, 2.45) is 0 Å². The van der Waals surface area contributed by atoms with Crippen molar-refractivity contribution in [2.45, 2.75) is 30.7 Å². The van der Waals surface area contributed by atoms with Crippen LogP contribution in [0.3, 0.4) is 0 Å². The monoisotopic (exact) mass is 422 g/mol. The van der Waals surface area contributed by atoms with Gasteiger partial charge in [-0.3, -0.25) is 0 Å². The average molecular weight is 422 g/mol. The minimum Gasteiger partial charge on any atom is -0.241 e. The van der Waals surface area contributed by atoms with E-state index >= 15 is 0 Å². The first-order valence-corrected chi connectivity index (χ1v) is 9.93. The van der Waals surface area contributed by atoms with Crippen LogP contribution in [0.1, 0.15) is 21.7 Å². The molecule has 0 aliphatic heterocycles. The number of hydrogen-bond acceptors (Lipinski definition) is 3. The number of rotatable bonds is 4. The molecule has 2 nitrogen and oxygen atoms in total. The molecule has 1 aromatic heterocycles. The number of halogens is 4. The summed E-state index contributed by atoms with van der Waals surface area (Å²) in [5, 5.41) is 0.486. The molecule has 0 atom stereocenters. The van der Waals surface area contributed by atoms with Crippen molar-refractivity contribution in [2.75, 3.05) is 0 Å². The lowest BCUT2D eigenvalue weighted by molar-refractivity contribution is -0.139. The van der Waals surface area contributed by atoms with E-state index in [1.54, 1.807) is 17.8 Å². The molecule has 0 spiro atoms. The van der Waals surface area contributed by atoms with Gasteiger partial charge in [-0.05, 0) is 31.5 Å². The molecule has 0 amide bonds. The fourth-order valence-electron chi connectivity index (χ4n) is 2.56. The average Bonchev–Trinajstić information content (AvgIpc) is 2.99. The predicted octanol–water partition coefficient (Wildman–Crippen LogP) is 7.43. The van der Waals surface area contributed by atoms with Gasteiger partial charge in [-0.15, -0.1) is 23.1 Å². The molecule has 0 N–H and O–H groups in total. The molecule has 0 bridgehead atoms. The van der Waals surface area contributed by atoms with Crippen LogP contribution in [0.2, 0.25) is 0 Å². The standard InChI is InChI=1S/C20H14F4N2S2/c1-11-8-14(5-7-17(11)25-3)27-10-18-12(2)26-19(28-18)13-4-6-15(16(21)9-13)20(22,23)24/h4-9H,10H2,1-2H3. The molecular weight excluding hydrogens is 408 g/mol. The van der Waals surface area contributed by atoms with Gasteiger partial charge >= 0.3 is 6.18 Å². The second-order valence-corrected chi connectivity index (χ2v) is 8.20. The van der Waals surface area contributed by atoms with Gasteiger partial charge in [0.25, 0.3) is 0 Å². The van der Waals surface area contributed by atoms with Crippen molar-refractivity contribution in [1.82, 2.24) is 4.98 Å². The molecule has 8 heteroatoms. The maximum atomic E-state index is 13.8. The fraction of sp³-hybridized carbons (Fsp3) is 0.200. The number of hydrogen-bond donors (Lipinski definition) is 0. The zero-order valence-electron chi connectivity index (χ0n) is 14.9. The van der Waals surface area contributed by atoms with Gasteiger partial charge in [-0.2, -0.15) is 13.2 Å². The molecule has 3 aromatic rings. The number of benzene rings is 2. The summed E-state index contributed by atoms with van der Waals surface area (Å²) < 4.78 is 52.0. The van der Waals surface area contributed by atoms with Crippen molar-refractivity contribution in [1.29, 1.82) is 0 Å². The summed E-state index contributed by atoms with van der Waals surface area (Å²) in [6.07, 6.45) is -4.72. The van der Waals surface area contributed by atoms with Crippen LogP contribution < -0.4 is 0 Å². The Morgan fingerprint density at radius 1 is 1.14 bits per heavy atom. The summed E-state index contributed by atoms with van der Waals surface area (Å²) >= 11 is 2.92. The zero-order valence-corrected chi connectivity index (χ0v) is 16.5. The molecule has 144 valence electrons. The lowest BCUT2D eigenvalue weighted by atomic mass is 10.1. The van der Waals surface area contributed by atoms with E-state index in [-0.39, 0.29) is 0 Å². The number of alkyl halides is 3. The van der Waals surface area contributed by atoms with Crippen LogP contribution in [0.4, 0.5) is 23.2 Å². The molecule has 2 aromatic carbocycles. The highest BCUT2D eigenvalue weighted by Crippen LogP contribution is 2.37. The molecule has 0 radical (unpaired) electrons. The summed E-state index contributed by atoms with van der Waals surface area (Å²) in [5.41, 5.74) is 1.33. The van der Waals surface area contributed by atoms with E-state index in [9.17, 15) is 17.6 Å². The minimum absolute atomic E-state index is 0.326. The number of thiazole rings is 1. The first-order valence-electron chi connectivity index (χ1n) is 8.13. The number of aromatic nitrogens is 1. The van der Waals surface area contributed by atoms with E-state index in [1.165, 1.54) is 17.4 Å². The Hall–Kier alpha value is -2.37. The lowest BCUT2D eigenvalue weighted by Crippen LogP contribution is -2.07. The second kappa shape index (κ2) is 7.94. The Morgan fingerprint density at radius 3 is 2.50 bits per heavy atom. The van der Waals surface area contributed by atoms with Gasteiger partial charge in [-0.1, -0.05) is 24.3 Å². The molecule has 0 aliphatic carbocycles. The third-order valence-corrected chi connectivity index (χ3v) is 6.48. The Bertz CT molecular complexity index is 1070. The summed E-state index contributed by atoms with van der Waals surface area (Å²) in [6.45, 7) is 10.8. The van der Waals surface area contributed by atoms with Gasteiger partial charge in [0.1, 0.15) is 10.8 Å². The third kappa shape index (κ3) is 4.37. The highest BCUT2D eigenvalue weighted by Gasteiger charge is 2.34. The number of nitrogens with zero attached hydrogens (tertiary/aromatic N) is 2. The van der Waals surface area contributed by atoms with Gasteiger partial charge < -0.3 is 0 Å². The molecule has 0 aliphatic rings. The lowest BCUT2D eigenvalue weighted by Gasteiger charge is -2.08. The quantitative estimate of drug-likeness (QED) is 0.247. The second-order valence-electron chi connectivity index (χ2n) is 6.07. The maximum absolute atomic E-state index is 13.8. The van der Waals surface area contributed by atoms with Crippen molar-refractivity contribution < 1.29 is 17.6 Å². The van der Waals surface area contributed by atoms with Crippen molar-refractivity contribution in [3.63, 3.8) is 0 Å². The van der Waals surface area contributed by atoms with Crippen molar-refractivity contribution >= 4 is 28.8 Å². The van der Waals surface area contributed by atoms with Crippen LogP contribution in [0.5, 0.6) is 0 Å². The largest absolute Gasteiger partial charge is 0.419 e. The van der Waals surface area contributed by atoms with Crippen molar-refractivity contribution in [3.05, 3.63) is 75.3 Å². The Balaban J connectivity index is 1.79. The topological polar surface area (TPSA) is 17.2 Å². The van der Waals surface area contributed by atoms with Crippen LogP contribution >= 0.6 is 23.1 Å². The normalized spacial score (nSPS) is 11.5. The van der Waals surface area contributed by atoms with Crippen LogP contribution in [0.15, 0.2) is 41.3 Å². The zero-order chi connectivity index (χ0) is 20.5. The van der Waals surface area contributed by atoms with E-state index in [4.69, 9.17) is 6.57 Å². The molecule has 1 heterocycles. The van der Waals surface area contributed by atoms with Gasteiger partial charge in [0.2, 0.25) is 0 Å². The fourth-order valence-corrected chi connectivity index (χ4v) is 4.75. The molecule has 0 saturated carbocycles. The Labute approximate surface area is 168 Å². The van der Waals surface area contributed by atoms with E-state index in [0.29, 0.717) is 22.0 Å². The Morgan fingerprint density at radius 2 is 1.89 bits per heavy atom. The van der Waals surface area contributed by atoms with Gasteiger partial charge in [0.05, 0.1) is 17.8 Å². The van der Waals surface area contributed by atoms with Crippen molar-refractivity contribution in [3.8, 4) is 10.6 Å². The number of aryl methyl sites for hydroxylation is 2. The predicted molar refractivity (Wildman–Crippen MR) is 104 cm³/mol. The molecule has 28 heavy (non-hydrogen) atoms. The van der Waals surface area contributed by atoms with Crippen LogP contribution in [-0.2, 0) is 11.9 Å². The van der Waals surface area contributed by atoms with E-state index in [2.05, 4.69) is 9.83 Å². The van der Waals surface area contributed by atoms with E-state index in [1.807, 2.05) is 26.0 Å². The number of thioether (sulfide) groups is 1. The minimum atomic E-state index is -4.72. The van der Waals surface area contributed by atoms with Gasteiger partial charge in [0.15, 0.2) is 5.69 Å². The molecule has 0 fully saturated rings. The molecular formula is C20H14F4N2S2. The van der Waals surface area contributed by atoms with E-state index < -0.39 is 17.6 Å². The summed E-state index contributed by atoms with van der Waals surface area (Å²) in [7, 11) is 0. The smallest absolute Gasteiger partial charge is 0.241 e. The van der Waals surface area contributed by atoms with Crippen LogP contribution in [0.25, 0.3) is 15.4 Å². The SMILES string of the molecule is [C-]#[N+]c1ccc(SCc2sc(-c3ccc(C(F)(F)F)c(F)c3)nc2C)cc1C. The highest BCUT2D eigenvalue weighted by molar-refractivity contribution is 7.98. The van der Waals surface area contributed by atoms with Crippen LogP contribution in [0, 0.1) is 26.2 Å². The molecule has 0 saturated heterocycles. The molecule has 3 rings (SSSR count). The summed E-state index contributed by atoms with van der Waals surface area (Å²) in [4.78, 5) is 9.81. The first-order chi connectivity index (χ1) is 13.2. The van der Waals surface area contributed by atoms with E-state index in [0.717, 1.165) is 33.2 Å². The summed E-state index contributed by atoms with van der Waals surface area (Å²) in [5.74, 6) is -0.673. The molecule has 0 unspecified atom stereocenters. The van der Waals surface area contributed by atoms with Crippen LogP contribution in [-0.4, -0.2) is 4.98 Å². The first kappa shape index (κ1) is 20.4. The maximum Gasteiger partial charge on any atom is 0.419 e. The van der Waals surface area contributed by atoms with Gasteiger partial charge in [-0.25, -0.2) is 14.2 Å². The highest BCUT2D eigenvalue weighted by atomic mass is 32.2. The third-order valence-electron chi connectivity index (χ3n) is 4.07.